The number of anilines is 1. The summed E-state index contributed by atoms with van der Waals surface area (Å²) < 4.78 is 32.4. The van der Waals surface area contributed by atoms with Crippen molar-refractivity contribution in [3.05, 3.63) is 41.4 Å². The zero-order valence-corrected chi connectivity index (χ0v) is 17.7. The number of esters is 1. The monoisotopic (exact) mass is 437 g/mol. The molecule has 10 heteroatoms. The zero-order valence-electron chi connectivity index (χ0n) is 16.0. The van der Waals surface area contributed by atoms with E-state index < -0.39 is 10.0 Å². The minimum Gasteiger partial charge on any atom is -0.466 e. The lowest BCUT2D eigenvalue weighted by Gasteiger charge is -2.30. The molecule has 0 bridgehead atoms. The molecule has 0 spiro atoms. The number of rotatable bonds is 8. The Hall–Kier alpha value is -2.30. The van der Waals surface area contributed by atoms with E-state index in [1.807, 2.05) is 0 Å². The average molecular weight is 438 g/mol. The number of piperidine rings is 1. The van der Waals surface area contributed by atoms with Gasteiger partial charge in [-0.2, -0.15) is 4.31 Å². The van der Waals surface area contributed by atoms with Crippen molar-refractivity contribution < 1.29 is 22.7 Å². The summed E-state index contributed by atoms with van der Waals surface area (Å²) in [4.78, 5) is 28.4. The highest BCUT2D eigenvalue weighted by Gasteiger charge is 2.32. The van der Waals surface area contributed by atoms with E-state index in [1.165, 1.54) is 27.8 Å². The Kier molecular flexibility index (Phi) is 6.99. The third-order valence-electron chi connectivity index (χ3n) is 4.70. The summed E-state index contributed by atoms with van der Waals surface area (Å²) in [6.07, 6.45) is 2.48. The lowest BCUT2D eigenvalue weighted by Crippen LogP contribution is -2.40. The van der Waals surface area contributed by atoms with Crippen molar-refractivity contribution in [3.8, 4) is 0 Å². The van der Waals surface area contributed by atoms with E-state index in [0.717, 1.165) is 0 Å². The molecule has 2 aromatic rings. The van der Waals surface area contributed by atoms with Crippen LogP contribution in [0.25, 0.3) is 0 Å². The molecule has 0 amide bonds. The maximum Gasteiger partial charge on any atom is 0.309 e. The number of sulfonamides is 1. The number of benzene rings is 1. The Bertz CT molecular complexity index is 952. The number of Topliss-reactive ketones (excluding diaryl/α,β-unsaturated/α-hetero) is 1. The van der Waals surface area contributed by atoms with Crippen LogP contribution in [-0.2, 0) is 19.6 Å². The number of carbonyl (C=O) groups excluding carboxylic acids is 2. The van der Waals surface area contributed by atoms with Crippen molar-refractivity contribution in [2.24, 2.45) is 5.92 Å². The topological polar surface area (TPSA) is 106 Å². The molecular formula is C19H23N3O5S2. The molecule has 1 N–H and O–H groups in total. The van der Waals surface area contributed by atoms with Gasteiger partial charge < -0.3 is 10.1 Å². The molecule has 0 radical (unpaired) electrons. The van der Waals surface area contributed by atoms with Crippen LogP contribution in [0.4, 0.5) is 5.13 Å². The first kappa shape index (κ1) is 21.4. The number of ether oxygens (including phenoxy) is 1. The maximum atomic E-state index is 13.0. The second-order valence-electron chi connectivity index (χ2n) is 6.57. The molecule has 1 saturated heterocycles. The molecular weight excluding hydrogens is 414 g/mol. The number of nitrogens with one attached hydrogen (secondary N) is 1. The molecule has 2 heterocycles. The Balaban J connectivity index is 1.66. The molecule has 1 aliphatic heterocycles. The standard InChI is InChI=1S/C19H23N3O5S2/c1-2-27-18(24)14-6-9-22(10-7-14)29(25,26)16-5-3-4-15(12-16)17(23)13-21-19-20-8-11-28-19/h3-5,8,11-12,14H,2,6-7,9-10,13H2,1H3,(H,20,21). The Labute approximate surface area is 173 Å². The third-order valence-corrected chi connectivity index (χ3v) is 7.33. The maximum absolute atomic E-state index is 13.0. The number of carbonyl (C=O) groups is 2. The second kappa shape index (κ2) is 9.47. The van der Waals surface area contributed by atoms with Crippen LogP contribution < -0.4 is 5.32 Å². The van der Waals surface area contributed by atoms with E-state index in [1.54, 1.807) is 30.6 Å². The van der Waals surface area contributed by atoms with Gasteiger partial charge in [-0.3, -0.25) is 9.59 Å². The predicted octanol–water partition coefficient (Wildman–Crippen LogP) is 2.40. The summed E-state index contributed by atoms with van der Waals surface area (Å²) in [5.41, 5.74) is 0.316. The molecule has 156 valence electrons. The molecule has 0 saturated carbocycles. The number of ketones is 1. The summed E-state index contributed by atoms with van der Waals surface area (Å²) in [5, 5.41) is 5.35. The Morgan fingerprint density at radius 3 is 2.72 bits per heavy atom. The lowest BCUT2D eigenvalue weighted by molar-refractivity contribution is -0.149. The Morgan fingerprint density at radius 2 is 2.07 bits per heavy atom. The molecule has 1 aromatic carbocycles. The van der Waals surface area contributed by atoms with Gasteiger partial charge in [-0.25, -0.2) is 13.4 Å². The first-order chi connectivity index (χ1) is 13.9. The van der Waals surface area contributed by atoms with Gasteiger partial charge in [0.1, 0.15) is 0 Å². The van der Waals surface area contributed by atoms with Gasteiger partial charge in [0.2, 0.25) is 10.0 Å². The molecule has 3 rings (SSSR count). The van der Waals surface area contributed by atoms with E-state index in [4.69, 9.17) is 4.74 Å². The van der Waals surface area contributed by atoms with Gasteiger partial charge in [0.05, 0.1) is 24.0 Å². The van der Waals surface area contributed by atoms with Crippen molar-refractivity contribution in [2.75, 3.05) is 31.6 Å². The third kappa shape index (κ3) is 5.20. The van der Waals surface area contributed by atoms with E-state index in [9.17, 15) is 18.0 Å². The van der Waals surface area contributed by atoms with Crippen molar-refractivity contribution in [1.82, 2.24) is 9.29 Å². The van der Waals surface area contributed by atoms with Crippen LogP contribution >= 0.6 is 11.3 Å². The van der Waals surface area contributed by atoms with E-state index in [-0.39, 0.29) is 42.2 Å². The van der Waals surface area contributed by atoms with E-state index in [2.05, 4.69) is 10.3 Å². The average Bonchev–Trinajstić information content (AvgIpc) is 3.26. The van der Waals surface area contributed by atoms with Gasteiger partial charge in [-0.1, -0.05) is 12.1 Å². The van der Waals surface area contributed by atoms with Crippen LogP contribution in [0.15, 0.2) is 40.7 Å². The van der Waals surface area contributed by atoms with Gasteiger partial charge in [-0.05, 0) is 31.9 Å². The fourth-order valence-corrected chi connectivity index (χ4v) is 5.18. The number of hydrogen-bond acceptors (Lipinski definition) is 8. The summed E-state index contributed by atoms with van der Waals surface area (Å²) in [5.74, 6) is -0.769. The molecule has 1 aromatic heterocycles. The van der Waals surface area contributed by atoms with Crippen LogP contribution in [0.5, 0.6) is 0 Å². The van der Waals surface area contributed by atoms with E-state index in [0.29, 0.717) is 30.1 Å². The summed E-state index contributed by atoms with van der Waals surface area (Å²) in [6, 6.07) is 6.04. The lowest BCUT2D eigenvalue weighted by atomic mass is 9.98. The summed E-state index contributed by atoms with van der Waals surface area (Å²) in [7, 11) is -3.74. The van der Waals surface area contributed by atoms with Crippen molar-refractivity contribution in [1.29, 1.82) is 0 Å². The second-order valence-corrected chi connectivity index (χ2v) is 9.40. The van der Waals surface area contributed by atoms with Gasteiger partial charge in [0, 0.05) is 30.2 Å². The van der Waals surface area contributed by atoms with Crippen LogP contribution in [0.1, 0.15) is 30.1 Å². The number of hydrogen-bond donors (Lipinski definition) is 1. The van der Waals surface area contributed by atoms with Crippen molar-refractivity contribution >= 4 is 38.2 Å². The number of nitrogens with zero attached hydrogens (tertiary/aromatic N) is 2. The van der Waals surface area contributed by atoms with Crippen molar-refractivity contribution in [3.63, 3.8) is 0 Å². The van der Waals surface area contributed by atoms with Gasteiger partial charge in [0.25, 0.3) is 0 Å². The molecule has 29 heavy (non-hydrogen) atoms. The highest BCUT2D eigenvalue weighted by atomic mass is 32.2. The van der Waals surface area contributed by atoms with Crippen LogP contribution in [-0.4, -0.2) is 55.7 Å². The summed E-state index contributed by atoms with van der Waals surface area (Å²) >= 11 is 1.38. The van der Waals surface area contributed by atoms with Crippen LogP contribution in [0, 0.1) is 5.92 Å². The highest BCUT2D eigenvalue weighted by Crippen LogP contribution is 2.25. The summed E-state index contributed by atoms with van der Waals surface area (Å²) in [6.45, 7) is 2.58. The van der Waals surface area contributed by atoms with Crippen LogP contribution in [0.3, 0.4) is 0 Å². The number of aromatic nitrogens is 1. The predicted molar refractivity (Wildman–Crippen MR) is 109 cm³/mol. The molecule has 1 aliphatic rings. The Morgan fingerprint density at radius 1 is 1.31 bits per heavy atom. The molecule has 0 unspecified atom stereocenters. The van der Waals surface area contributed by atoms with Crippen molar-refractivity contribution in [2.45, 2.75) is 24.7 Å². The van der Waals surface area contributed by atoms with Gasteiger partial charge in [-0.15, -0.1) is 11.3 Å². The first-order valence-electron chi connectivity index (χ1n) is 9.35. The fraction of sp³-hybridized carbons (Fsp3) is 0.421. The smallest absolute Gasteiger partial charge is 0.309 e. The van der Waals surface area contributed by atoms with E-state index >= 15 is 0 Å². The molecule has 8 nitrogen and oxygen atoms in total. The normalized spacial score (nSPS) is 15.8. The minimum absolute atomic E-state index is 0.0297. The first-order valence-corrected chi connectivity index (χ1v) is 11.7. The zero-order chi connectivity index (χ0) is 20.9. The minimum atomic E-state index is -3.74. The largest absolute Gasteiger partial charge is 0.466 e. The number of thiazole rings is 1. The quantitative estimate of drug-likeness (QED) is 0.499. The van der Waals surface area contributed by atoms with Crippen LogP contribution in [0.2, 0.25) is 0 Å². The fourth-order valence-electron chi connectivity index (χ4n) is 3.14. The molecule has 0 aliphatic carbocycles. The highest BCUT2D eigenvalue weighted by molar-refractivity contribution is 7.89. The SMILES string of the molecule is CCOC(=O)C1CCN(S(=O)(=O)c2cccc(C(=O)CNc3nccs3)c2)CC1. The molecule has 0 atom stereocenters. The molecule has 1 fully saturated rings. The van der Waals surface area contributed by atoms with Gasteiger partial charge >= 0.3 is 5.97 Å². The van der Waals surface area contributed by atoms with Gasteiger partial charge in [0.15, 0.2) is 10.9 Å².